The lowest BCUT2D eigenvalue weighted by Crippen LogP contribution is -2.56. The molecule has 4 aromatic carbocycles. The Balaban J connectivity index is 1.88. The van der Waals surface area contributed by atoms with Gasteiger partial charge in [0.1, 0.15) is 18.4 Å². The minimum Gasteiger partial charge on any atom is -0.350 e. The first-order valence-corrected chi connectivity index (χ1v) is 17.0. The fourth-order valence-electron chi connectivity index (χ4n) is 5.05. The summed E-state index contributed by atoms with van der Waals surface area (Å²) >= 11 is 5.86. The fourth-order valence-corrected chi connectivity index (χ4v) is 6.68. The van der Waals surface area contributed by atoms with Crippen LogP contribution in [0.3, 0.4) is 0 Å². The summed E-state index contributed by atoms with van der Waals surface area (Å²) in [5.41, 5.74) is -0.648. The van der Waals surface area contributed by atoms with Gasteiger partial charge in [-0.05, 0) is 81.3 Å². The molecule has 0 saturated carbocycles. The largest absolute Gasteiger partial charge is 0.417 e. The van der Waals surface area contributed by atoms with Gasteiger partial charge in [0.15, 0.2) is 0 Å². The number of alkyl halides is 3. The predicted molar refractivity (Wildman–Crippen MR) is 181 cm³/mol. The summed E-state index contributed by atoms with van der Waals surface area (Å²) in [6.07, 6.45) is -4.92. The number of nitrogens with zero attached hydrogens (tertiary/aromatic N) is 2. The molecule has 0 aromatic heterocycles. The molecular weight excluding hydrogens is 682 g/mol. The van der Waals surface area contributed by atoms with Gasteiger partial charge in [-0.25, -0.2) is 12.8 Å². The molecule has 1 unspecified atom stereocenters. The zero-order valence-corrected chi connectivity index (χ0v) is 28.8. The van der Waals surface area contributed by atoms with Crippen LogP contribution in [0, 0.1) is 12.7 Å². The molecule has 1 N–H and O–H groups in total. The average molecular weight is 718 g/mol. The van der Waals surface area contributed by atoms with Crippen LogP contribution < -0.4 is 9.62 Å². The number of hydrogen-bond acceptors (Lipinski definition) is 4. The molecule has 0 aliphatic carbocycles. The van der Waals surface area contributed by atoms with Crippen molar-refractivity contribution in [1.82, 2.24) is 10.2 Å². The summed E-state index contributed by atoms with van der Waals surface area (Å²) in [6, 6.07) is 21.0. The van der Waals surface area contributed by atoms with Crippen LogP contribution in [0.4, 0.5) is 23.2 Å². The standard InChI is InChI=1S/C36H36ClF4N3O4S/c1-24-10-17-29(18-11-24)49(47,48)44(28-16-19-31(37)30(21-28)36(39,40)41)23-33(45)43(22-26-12-14-27(38)15-13-26)32(34(46)42-35(2,3)4)20-25-8-6-5-7-9-25/h5-19,21,32H,20,22-23H2,1-4H3,(H,42,46). The average Bonchev–Trinajstić information content (AvgIpc) is 3.02. The smallest absolute Gasteiger partial charge is 0.350 e. The Bertz CT molecular complexity index is 1880. The highest BCUT2D eigenvalue weighted by molar-refractivity contribution is 7.92. The Morgan fingerprint density at radius 2 is 1.47 bits per heavy atom. The Hall–Kier alpha value is -4.42. The molecule has 260 valence electrons. The van der Waals surface area contributed by atoms with Crippen molar-refractivity contribution in [3.8, 4) is 0 Å². The third-order valence-electron chi connectivity index (χ3n) is 7.47. The van der Waals surface area contributed by atoms with E-state index in [1.807, 2.05) is 0 Å². The van der Waals surface area contributed by atoms with Gasteiger partial charge in [0, 0.05) is 18.5 Å². The SMILES string of the molecule is Cc1ccc(S(=O)(=O)N(CC(=O)N(Cc2ccc(F)cc2)C(Cc2ccccc2)C(=O)NC(C)(C)C)c2ccc(Cl)c(C(F)(F)F)c2)cc1. The zero-order chi connectivity index (χ0) is 36.1. The molecule has 49 heavy (non-hydrogen) atoms. The first-order chi connectivity index (χ1) is 22.8. The third kappa shape index (κ3) is 9.82. The monoisotopic (exact) mass is 717 g/mol. The number of anilines is 1. The van der Waals surface area contributed by atoms with Crippen molar-refractivity contribution in [2.75, 3.05) is 10.8 Å². The minimum absolute atomic E-state index is 0.0135. The van der Waals surface area contributed by atoms with Crippen LogP contribution in [0.1, 0.15) is 43.0 Å². The van der Waals surface area contributed by atoms with E-state index in [-0.39, 0.29) is 17.9 Å². The second kappa shape index (κ2) is 15.0. The van der Waals surface area contributed by atoms with Gasteiger partial charge in [0.05, 0.1) is 21.2 Å². The van der Waals surface area contributed by atoms with Crippen molar-refractivity contribution in [1.29, 1.82) is 0 Å². The zero-order valence-electron chi connectivity index (χ0n) is 27.3. The van der Waals surface area contributed by atoms with Crippen molar-refractivity contribution in [2.45, 2.75) is 63.3 Å². The summed E-state index contributed by atoms with van der Waals surface area (Å²) in [5.74, 6) is -1.98. The number of amides is 2. The molecular formula is C36H36ClF4N3O4S. The van der Waals surface area contributed by atoms with E-state index in [0.29, 0.717) is 21.5 Å². The molecule has 0 heterocycles. The molecule has 0 aliphatic heterocycles. The van der Waals surface area contributed by atoms with Crippen LogP contribution in [-0.4, -0.2) is 43.3 Å². The molecule has 0 radical (unpaired) electrons. The molecule has 4 rings (SSSR count). The number of carbonyl (C=O) groups excluding carboxylic acids is 2. The quantitative estimate of drug-likeness (QED) is 0.162. The molecule has 0 bridgehead atoms. The number of carbonyl (C=O) groups is 2. The number of aryl methyl sites for hydroxylation is 1. The summed E-state index contributed by atoms with van der Waals surface area (Å²) < 4.78 is 84.6. The lowest BCUT2D eigenvalue weighted by atomic mass is 10.0. The van der Waals surface area contributed by atoms with Crippen LogP contribution in [0.2, 0.25) is 5.02 Å². The van der Waals surface area contributed by atoms with Gasteiger partial charge >= 0.3 is 6.18 Å². The second-order valence-corrected chi connectivity index (χ2v) is 14.8. The first-order valence-electron chi connectivity index (χ1n) is 15.2. The maximum atomic E-state index is 14.5. The van der Waals surface area contributed by atoms with E-state index in [0.717, 1.165) is 17.7 Å². The molecule has 0 spiro atoms. The summed E-state index contributed by atoms with van der Waals surface area (Å²) in [7, 11) is -4.66. The molecule has 2 amide bonds. The van der Waals surface area contributed by atoms with E-state index >= 15 is 0 Å². The van der Waals surface area contributed by atoms with E-state index in [2.05, 4.69) is 5.32 Å². The van der Waals surface area contributed by atoms with Gasteiger partial charge in [-0.1, -0.05) is 71.8 Å². The fraction of sp³-hybridized carbons (Fsp3) is 0.278. The van der Waals surface area contributed by atoms with Gasteiger partial charge in [0.25, 0.3) is 10.0 Å². The Kier molecular flexibility index (Phi) is 11.4. The van der Waals surface area contributed by atoms with Crippen molar-refractivity contribution < 1.29 is 35.6 Å². The number of sulfonamides is 1. The van der Waals surface area contributed by atoms with Crippen molar-refractivity contribution in [2.24, 2.45) is 0 Å². The number of benzene rings is 4. The maximum Gasteiger partial charge on any atom is 0.417 e. The Labute approximate surface area is 288 Å². The van der Waals surface area contributed by atoms with Crippen LogP contribution in [0.5, 0.6) is 0 Å². The van der Waals surface area contributed by atoms with Crippen LogP contribution in [0.15, 0.2) is 102 Å². The maximum absolute atomic E-state index is 14.5. The first kappa shape index (κ1) is 37.4. The Morgan fingerprint density at radius 3 is 2.04 bits per heavy atom. The van der Waals surface area contributed by atoms with E-state index in [4.69, 9.17) is 11.6 Å². The van der Waals surface area contributed by atoms with Gasteiger partial charge in [-0.15, -0.1) is 0 Å². The lowest BCUT2D eigenvalue weighted by Gasteiger charge is -2.35. The normalized spacial score (nSPS) is 12.7. The van der Waals surface area contributed by atoms with Crippen LogP contribution in [-0.2, 0) is 38.8 Å². The highest BCUT2D eigenvalue weighted by atomic mass is 35.5. The molecule has 7 nitrogen and oxygen atoms in total. The van der Waals surface area contributed by atoms with Gasteiger partial charge in [-0.2, -0.15) is 13.2 Å². The second-order valence-electron chi connectivity index (χ2n) is 12.6. The van der Waals surface area contributed by atoms with Gasteiger partial charge < -0.3 is 10.2 Å². The molecule has 13 heteroatoms. The molecule has 0 saturated heterocycles. The summed E-state index contributed by atoms with van der Waals surface area (Å²) in [6.45, 7) is 5.77. The van der Waals surface area contributed by atoms with Gasteiger partial charge in [-0.3, -0.25) is 13.9 Å². The number of hydrogen-bond donors (Lipinski definition) is 1. The Morgan fingerprint density at radius 1 is 0.857 bits per heavy atom. The van der Waals surface area contributed by atoms with Crippen LogP contribution >= 0.6 is 11.6 Å². The molecule has 0 aliphatic rings. The minimum atomic E-state index is -4.93. The number of halogens is 5. The van der Waals surface area contributed by atoms with E-state index in [1.54, 1.807) is 58.0 Å². The number of rotatable bonds is 11. The van der Waals surface area contributed by atoms with Gasteiger partial charge in [0.2, 0.25) is 11.8 Å². The van der Waals surface area contributed by atoms with Crippen molar-refractivity contribution >= 4 is 39.1 Å². The molecule has 4 aromatic rings. The topological polar surface area (TPSA) is 86.8 Å². The molecule has 0 fully saturated rings. The summed E-state index contributed by atoms with van der Waals surface area (Å²) in [4.78, 5) is 29.3. The van der Waals surface area contributed by atoms with Crippen molar-refractivity contribution in [3.05, 3.63) is 130 Å². The predicted octanol–water partition coefficient (Wildman–Crippen LogP) is 7.56. The van der Waals surface area contributed by atoms with Crippen molar-refractivity contribution in [3.63, 3.8) is 0 Å². The molecule has 1 atom stereocenters. The van der Waals surface area contributed by atoms with E-state index in [9.17, 15) is 35.6 Å². The number of nitrogens with one attached hydrogen (secondary N) is 1. The summed E-state index contributed by atoms with van der Waals surface area (Å²) in [5, 5.41) is 2.22. The van der Waals surface area contributed by atoms with E-state index < -0.39 is 68.2 Å². The van der Waals surface area contributed by atoms with Crippen LogP contribution in [0.25, 0.3) is 0 Å². The highest BCUT2D eigenvalue weighted by Crippen LogP contribution is 2.38. The lowest BCUT2D eigenvalue weighted by molar-refractivity contribution is -0.140. The van der Waals surface area contributed by atoms with E-state index in [1.165, 1.54) is 53.4 Å². The third-order valence-corrected chi connectivity index (χ3v) is 9.58. The highest BCUT2D eigenvalue weighted by Gasteiger charge is 2.38.